The second-order valence-electron chi connectivity index (χ2n) is 5.05. The molecule has 0 saturated carbocycles. The molecule has 0 aromatic heterocycles. The molecule has 0 bridgehead atoms. The van der Waals surface area contributed by atoms with Crippen LogP contribution in [0.4, 0.5) is 11.4 Å². The third-order valence-electron chi connectivity index (χ3n) is 3.17. The standard InChI is InChI=1S/C17H19ClN2O/c1-12-4-3-5-15(10-12)19-9-8-17(21)20-16-11-14(18)7-6-13(16)2/h3-7,10-11,19H,8-9H2,1-2H3,(H,20,21). The molecule has 2 N–H and O–H groups in total. The van der Waals surface area contributed by atoms with Crippen LogP contribution in [0.1, 0.15) is 17.5 Å². The van der Waals surface area contributed by atoms with E-state index in [0.717, 1.165) is 16.9 Å². The molecule has 0 saturated heterocycles. The van der Waals surface area contributed by atoms with Gasteiger partial charge in [0.15, 0.2) is 0 Å². The highest BCUT2D eigenvalue weighted by Gasteiger charge is 2.05. The fraction of sp³-hybridized carbons (Fsp3) is 0.235. The number of amides is 1. The molecule has 0 aliphatic rings. The molecule has 2 rings (SSSR count). The Morgan fingerprint density at radius 3 is 2.71 bits per heavy atom. The lowest BCUT2D eigenvalue weighted by molar-refractivity contribution is -0.115. The maximum atomic E-state index is 11.9. The number of hydrogen-bond donors (Lipinski definition) is 2. The molecule has 0 fully saturated rings. The Kier molecular flexibility index (Phi) is 5.23. The quantitative estimate of drug-likeness (QED) is 0.859. The van der Waals surface area contributed by atoms with Gasteiger partial charge >= 0.3 is 0 Å². The molecule has 21 heavy (non-hydrogen) atoms. The summed E-state index contributed by atoms with van der Waals surface area (Å²) in [5.41, 5.74) is 3.99. The molecule has 0 unspecified atom stereocenters. The lowest BCUT2D eigenvalue weighted by Gasteiger charge is -2.10. The fourth-order valence-electron chi connectivity index (χ4n) is 2.02. The van der Waals surface area contributed by atoms with E-state index in [0.29, 0.717) is 18.0 Å². The van der Waals surface area contributed by atoms with Crippen molar-refractivity contribution in [1.82, 2.24) is 0 Å². The molecule has 3 nitrogen and oxygen atoms in total. The van der Waals surface area contributed by atoms with Gasteiger partial charge < -0.3 is 10.6 Å². The van der Waals surface area contributed by atoms with E-state index < -0.39 is 0 Å². The number of hydrogen-bond acceptors (Lipinski definition) is 2. The first-order chi connectivity index (χ1) is 10.0. The lowest BCUT2D eigenvalue weighted by Crippen LogP contribution is -2.16. The van der Waals surface area contributed by atoms with Crippen molar-refractivity contribution in [3.8, 4) is 0 Å². The summed E-state index contributed by atoms with van der Waals surface area (Å²) < 4.78 is 0. The Morgan fingerprint density at radius 1 is 1.14 bits per heavy atom. The molecule has 2 aromatic rings. The van der Waals surface area contributed by atoms with E-state index in [4.69, 9.17) is 11.6 Å². The van der Waals surface area contributed by atoms with Crippen LogP contribution in [0, 0.1) is 13.8 Å². The zero-order valence-electron chi connectivity index (χ0n) is 12.2. The number of halogens is 1. The minimum atomic E-state index is -0.0273. The summed E-state index contributed by atoms with van der Waals surface area (Å²) >= 11 is 5.94. The third-order valence-corrected chi connectivity index (χ3v) is 3.41. The third kappa shape index (κ3) is 4.80. The SMILES string of the molecule is Cc1cccc(NCCC(=O)Nc2cc(Cl)ccc2C)c1. The normalized spacial score (nSPS) is 10.2. The first kappa shape index (κ1) is 15.4. The molecule has 2 aromatic carbocycles. The van der Waals surface area contributed by atoms with Gasteiger partial charge in [-0.15, -0.1) is 0 Å². The highest BCUT2D eigenvalue weighted by atomic mass is 35.5. The molecule has 0 atom stereocenters. The summed E-state index contributed by atoms with van der Waals surface area (Å²) in [5.74, 6) is -0.0273. The van der Waals surface area contributed by atoms with Crippen LogP contribution in [0.3, 0.4) is 0 Å². The van der Waals surface area contributed by atoms with Gasteiger partial charge in [-0.2, -0.15) is 0 Å². The van der Waals surface area contributed by atoms with Gasteiger partial charge in [0.1, 0.15) is 0 Å². The van der Waals surface area contributed by atoms with Gasteiger partial charge in [-0.25, -0.2) is 0 Å². The first-order valence-electron chi connectivity index (χ1n) is 6.91. The van der Waals surface area contributed by atoms with Crippen molar-refractivity contribution < 1.29 is 4.79 Å². The molecular formula is C17H19ClN2O. The maximum absolute atomic E-state index is 11.9. The molecule has 0 spiro atoms. The summed E-state index contributed by atoms with van der Waals surface area (Å²) in [6.45, 7) is 4.58. The van der Waals surface area contributed by atoms with Gasteiger partial charge in [0.25, 0.3) is 0 Å². The molecule has 0 aliphatic carbocycles. The van der Waals surface area contributed by atoms with Crippen LogP contribution in [0.25, 0.3) is 0 Å². The smallest absolute Gasteiger partial charge is 0.226 e. The van der Waals surface area contributed by atoms with Gasteiger partial charge in [0, 0.05) is 29.4 Å². The Bertz CT molecular complexity index is 640. The van der Waals surface area contributed by atoms with Gasteiger partial charge in [0.2, 0.25) is 5.91 Å². The Balaban J connectivity index is 1.84. The van der Waals surface area contributed by atoms with Gasteiger partial charge in [-0.3, -0.25) is 4.79 Å². The number of aryl methyl sites for hydroxylation is 2. The second kappa shape index (κ2) is 7.14. The van der Waals surface area contributed by atoms with Crippen molar-refractivity contribution in [3.63, 3.8) is 0 Å². The summed E-state index contributed by atoms with van der Waals surface area (Å²) in [6.07, 6.45) is 0.403. The summed E-state index contributed by atoms with van der Waals surface area (Å²) in [5, 5.41) is 6.75. The molecule has 0 aliphatic heterocycles. The topological polar surface area (TPSA) is 41.1 Å². The predicted molar refractivity (Wildman–Crippen MR) is 89.1 cm³/mol. The van der Waals surface area contributed by atoms with Crippen molar-refractivity contribution >= 4 is 28.9 Å². The Morgan fingerprint density at radius 2 is 1.95 bits per heavy atom. The monoisotopic (exact) mass is 302 g/mol. The highest BCUT2D eigenvalue weighted by molar-refractivity contribution is 6.31. The zero-order valence-corrected chi connectivity index (χ0v) is 13.0. The van der Waals surface area contributed by atoms with E-state index in [1.54, 1.807) is 6.07 Å². The summed E-state index contributed by atoms with van der Waals surface area (Å²) in [6, 6.07) is 13.6. The average Bonchev–Trinajstić information content (AvgIpc) is 2.43. The van der Waals surface area contributed by atoms with Crippen molar-refractivity contribution in [1.29, 1.82) is 0 Å². The number of carbonyl (C=O) groups is 1. The molecule has 110 valence electrons. The number of rotatable bonds is 5. The van der Waals surface area contributed by atoms with Gasteiger partial charge in [-0.05, 0) is 49.2 Å². The number of anilines is 2. The van der Waals surface area contributed by atoms with E-state index >= 15 is 0 Å². The number of carbonyl (C=O) groups excluding carboxylic acids is 1. The van der Waals surface area contributed by atoms with E-state index in [2.05, 4.69) is 16.7 Å². The minimum Gasteiger partial charge on any atom is -0.385 e. The predicted octanol–water partition coefficient (Wildman–Crippen LogP) is 4.40. The Hall–Kier alpha value is -2.00. The number of benzene rings is 2. The maximum Gasteiger partial charge on any atom is 0.226 e. The molecule has 1 amide bonds. The van der Waals surface area contributed by atoms with Crippen LogP contribution in [0.5, 0.6) is 0 Å². The van der Waals surface area contributed by atoms with E-state index in [1.165, 1.54) is 5.56 Å². The minimum absolute atomic E-state index is 0.0273. The fourth-order valence-corrected chi connectivity index (χ4v) is 2.19. The van der Waals surface area contributed by atoms with Crippen LogP contribution in [0.2, 0.25) is 5.02 Å². The average molecular weight is 303 g/mol. The van der Waals surface area contributed by atoms with Gasteiger partial charge in [0.05, 0.1) is 0 Å². The van der Waals surface area contributed by atoms with Crippen molar-refractivity contribution in [2.45, 2.75) is 20.3 Å². The molecular weight excluding hydrogens is 284 g/mol. The Labute approximate surface area is 130 Å². The van der Waals surface area contributed by atoms with Crippen LogP contribution in [0.15, 0.2) is 42.5 Å². The summed E-state index contributed by atoms with van der Waals surface area (Å²) in [4.78, 5) is 11.9. The van der Waals surface area contributed by atoms with E-state index in [-0.39, 0.29) is 5.91 Å². The van der Waals surface area contributed by atoms with Crippen molar-refractivity contribution in [3.05, 3.63) is 58.6 Å². The van der Waals surface area contributed by atoms with Crippen LogP contribution in [-0.4, -0.2) is 12.5 Å². The largest absolute Gasteiger partial charge is 0.385 e. The zero-order chi connectivity index (χ0) is 15.2. The highest BCUT2D eigenvalue weighted by Crippen LogP contribution is 2.20. The van der Waals surface area contributed by atoms with Crippen molar-refractivity contribution in [2.24, 2.45) is 0 Å². The first-order valence-corrected chi connectivity index (χ1v) is 7.29. The molecule has 0 heterocycles. The van der Waals surface area contributed by atoms with E-state index in [9.17, 15) is 4.79 Å². The second-order valence-corrected chi connectivity index (χ2v) is 5.49. The van der Waals surface area contributed by atoms with Crippen molar-refractivity contribution in [2.75, 3.05) is 17.2 Å². The lowest BCUT2D eigenvalue weighted by atomic mass is 10.2. The number of nitrogens with one attached hydrogen (secondary N) is 2. The molecule has 4 heteroatoms. The summed E-state index contributed by atoms with van der Waals surface area (Å²) in [7, 11) is 0. The van der Waals surface area contributed by atoms with Crippen LogP contribution < -0.4 is 10.6 Å². The van der Waals surface area contributed by atoms with Crippen LogP contribution in [-0.2, 0) is 4.79 Å². The van der Waals surface area contributed by atoms with Gasteiger partial charge in [-0.1, -0.05) is 29.8 Å². The van der Waals surface area contributed by atoms with Crippen LogP contribution >= 0.6 is 11.6 Å². The van der Waals surface area contributed by atoms with E-state index in [1.807, 2.05) is 44.2 Å². The molecule has 0 radical (unpaired) electrons.